The van der Waals surface area contributed by atoms with E-state index in [1.165, 1.54) is 24.8 Å². The van der Waals surface area contributed by atoms with Crippen LogP contribution in [0.5, 0.6) is 5.75 Å². The number of phenolic OH excluding ortho intramolecular Hbond substituents is 1. The summed E-state index contributed by atoms with van der Waals surface area (Å²) < 4.78 is 0. The normalized spacial score (nSPS) is 10.6. The minimum Gasteiger partial charge on any atom is -0.507 e. The maximum Gasteiger partial charge on any atom is 0.123 e. The van der Waals surface area contributed by atoms with Crippen LogP contribution in [0.15, 0.2) is 42.5 Å². The predicted octanol–water partition coefficient (Wildman–Crippen LogP) is 5.05. The van der Waals surface area contributed by atoms with Crippen molar-refractivity contribution in [3.05, 3.63) is 59.2 Å². The average molecular weight is 283 g/mol. The number of aromatic hydroxyl groups is 1. The minimum absolute atomic E-state index is 0.390. The highest BCUT2D eigenvalue weighted by Crippen LogP contribution is 2.22. The lowest BCUT2D eigenvalue weighted by molar-refractivity contribution is 0.465. The molecule has 2 rings (SSSR count). The summed E-state index contributed by atoms with van der Waals surface area (Å²) in [4.78, 5) is 0. The molecule has 2 heteroatoms. The summed E-state index contributed by atoms with van der Waals surface area (Å²) in [6.07, 6.45) is 4.99. The first kappa shape index (κ1) is 15.4. The molecule has 2 aromatic carbocycles. The Balaban J connectivity index is 1.90. The molecule has 0 radical (unpaired) electrons. The van der Waals surface area contributed by atoms with E-state index in [4.69, 9.17) is 0 Å². The van der Waals surface area contributed by atoms with E-state index in [2.05, 4.69) is 36.5 Å². The molecule has 0 aromatic heterocycles. The van der Waals surface area contributed by atoms with Gasteiger partial charge in [0.25, 0.3) is 0 Å². The van der Waals surface area contributed by atoms with Gasteiger partial charge in [0.05, 0.1) is 0 Å². The Morgan fingerprint density at radius 1 is 1.00 bits per heavy atom. The molecule has 0 saturated carbocycles. The van der Waals surface area contributed by atoms with Gasteiger partial charge < -0.3 is 10.4 Å². The Kier molecular flexibility index (Phi) is 5.68. The number of anilines is 1. The van der Waals surface area contributed by atoms with Gasteiger partial charge in [-0.2, -0.15) is 0 Å². The van der Waals surface area contributed by atoms with Gasteiger partial charge in [-0.05, 0) is 43.0 Å². The Labute approximate surface area is 127 Å². The molecule has 0 fully saturated rings. The number of para-hydroxylation sites is 1. The maximum absolute atomic E-state index is 10.0. The van der Waals surface area contributed by atoms with Crippen molar-refractivity contribution in [3.8, 4) is 5.75 Å². The number of hydrogen-bond acceptors (Lipinski definition) is 2. The highest BCUT2D eigenvalue weighted by Gasteiger charge is 2.03. The fourth-order valence-corrected chi connectivity index (χ4v) is 2.43. The van der Waals surface area contributed by atoms with Crippen molar-refractivity contribution in [3.63, 3.8) is 0 Å². The lowest BCUT2D eigenvalue weighted by atomic mass is 10.1. The quantitative estimate of drug-likeness (QED) is 0.697. The Morgan fingerprint density at radius 2 is 1.76 bits per heavy atom. The summed E-state index contributed by atoms with van der Waals surface area (Å²) in [5.74, 6) is 0.390. The second-order valence-electron chi connectivity index (χ2n) is 5.59. The second-order valence-corrected chi connectivity index (χ2v) is 5.59. The number of rotatable bonds is 7. The van der Waals surface area contributed by atoms with Gasteiger partial charge >= 0.3 is 0 Å². The fraction of sp³-hybridized carbons (Fsp3) is 0.368. The number of aryl methyl sites for hydroxylation is 2. The van der Waals surface area contributed by atoms with E-state index in [1.54, 1.807) is 0 Å². The van der Waals surface area contributed by atoms with Crippen molar-refractivity contribution in [1.29, 1.82) is 0 Å². The average Bonchev–Trinajstić information content (AvgIpc) is 2.50. The number of phenols is 1. The summed E-state index contributed by atoms with van der Waals surface area (Å²) in [5, 5.41) is 13.4. The SMILES string of the molecule is CCCCCc1ccc(NCc2cccc(C)c2O)cc1. The lowest BCUT2D eigenvalue weighted by Gasteiger charge is -2.10. The van der Waals surface area contributed by atoms with Gasteiger partial charge in [-0.3, -0.25) is 0 Å². The molecule has 0 spiro atoms. The standard InChI is InChI=1S/C19H25NO/c1-3-4-5-8-16-10-12-18(13-11-16)20-14-17-9-6-7-15(2)19(17)21/h6-7,9-13,20-21H,3-5,8,14H2,1-2H3. The van der Waals surface area contributed by atoms with E-state index < -0.39 is 0 Å². The number of unbranched alkanes of at least 4 members (excludes halogenated alkanes) is 2. The van der Waals surface area contributed by atoms with Crippen molar-refractivity contribution in [2.24, 2.45) is 0 Å². The second kappa shape index (κ2) is 7.72. The zero-order valence-electron chi connectivity index (χ0n) is 13.0. The van der Waals surface area contributed by atoms with Crippen LogP contribution >= 0.6 is 0 Å². The molecule has 2 N–H and O–H groups in total. The molecule has 0 aliphatic rings. The van der Waals surface area contributed by atoms with Crippen LogP contribution in [0.1, 0.15) is 42.9 Å². The fourth-order valence-electron chi connectivity index (χ4n) is 2.43. The van der Waals surface area contributed by atoms with Crippen LogP contribution < -0.4 is 5.32 Å². The monoisotopic (exact) mass is 283 g/mol. The van der Waals surface area contributed by atoms with Crippen LogP contribution in [0.25, 0.3) is 0 Å². The van der Waals surface area contributed by atoms with E-state index in [1.807, 2.05) is 25.1 Å². The first-order valence-electron chi connectivity index (χ1n) is 7.81. The molecule has 112 valence electrons. The van der Waals surface area contributed by atoms with Crippen molar-refractivity contribution >= 4 is 5.69 Å². The predicted molar refractivity (Wildman–Crippen MR) is 89.8 cm³/mol. The summed E-state index contributed by atoms with van der Waals surface area (Å²) in [6, 6.07) is 14.5. The van der Waals surface area contributed by atoms with Crippen LogP contribution in [0.4, 0.5) is 5.69 Å². The van der Waals surface area contributed by atoms with Crippen molar-refractivity contribution in [1.82, 2.24) is 0 Å². The van der Waals surface area contributed by atoms with Gasteiger partial charge in [0.1, 0.15) is 5.75 Å². The third kappa shape index (κ3) is 4.52. The van der Waals surface area contributed by atoms with Gasteiger partial charge in [-0.25, -0.2) is 0 Å². The van der Waals surface area contributed by atoms with Crippen molar-refractivity contribution < 1.29 is 5.11 Å². The van der Waals surface area contributed by atoms with Gasteiger partial charge in [0, 0.05) is 17.8 Å². The summed E-state index contributed by atoms with van der Waals surface area (Å²) >= 11 is 0. The molecule has 2 nitrogen and oxygen atoms in total. The van der Waals surface area contributed by atoms with Gasteiger partial charge in [0.2, 0.25) is 0 Å². The third-order valence-corrected chi connectivity index (χ3v) is 3.83. The molecule has 2 aromatic rings. The van der Waals surface area contributed by atoms with Crippen molar-refractivity contribution in [2.45, 2.75) is 46.1 Å². The zero-order chi connectivity index (χ0) is 15.1. The molecule has 0 amide bonds. The summed E-state index contributed by atoms with van der Waals surface area (Å²) in [5.41, 5.74) is 4.34. The first-order chi connectivity index (χ1) is 10.2. The van der Waals surface area contributed by atoms with Crippen molar-refractivity contribution in [2.75, 3.05) is 5.32 Å². The highest BCUT2D eigenvalue weighted by molar-refractivity contribution is 5.47. The molecule has 0 bridgehead atoms. The molecule has 0 atom stereocenters. The number of benzene rings is 2. The largest absolute Gasteiger partial charge is 0.507 e. The van der Waals surface area contributed by atoms with Crippen LogP contribution in [-0.2, 0) is 13.0 Å². The van der Waals surface area contributed by atoms with Gasteiger partial charge in [-0.15, -0.1) is 0 Å². The van der Waals surface area contributed by atoms with E-state index >= 15 is 0 Å². The molecule has 0 saturated heterocycles. The Hall–Kier alpha value is -1.96. The van der Waals surface area contributed by atoms with Crippen LogP contribution in [0, 0.1) is 6.92 Å². The van der Waals surface area contributed by atoms with E-state index in [-0.39, 0.29) is 0 Å². The molecular formula is C19H25NO. The highest BCUT2D eigenvalue weighted by atomic mass is 16.3. The van der Waals surface area contributed by atoms with Gasteiger partial charge in [0.15, 0.2) is 0 Å². The smallest absolute Gasteiger partial charge is 0.123 e. The summed E-state index contributed by atoms with van der Waals surface area (Å²) in [7, 11) is 0. The Morgan fingerprint density at radius 3 is 2.48 bits per heavy atom. The third-order valence-electron chi connectivity index (χ3n) is 3.83. The topological polar surface area (TPSA) is 32.3 Å². The number of hydrogen-bond donors (Lipinski definition) is 2. The van der Waals surface area contributed by atoms with E-state index in [0.717, 1.165) is 23.2 Å². The van der Waals surface area contributed by atoms with Gasteiger partial charge in [-0.1, -0.05) is 50.1 Å². The van der Waals surface area contributed by atoms with E-state index in [9.17, 15) is 5.11 Å². The lowest BCUT2D eigenvalue weighted by Crippen LogP contribution is -2.00. The molecule has 0 heterocycles. The molecule has 21 heavy (non-hydrogen) atoms. The maximum atomic E-state index is 10.0. The van der Waals surface area contributed by atoms with E-state index in [0.29, 0.717) is 12.3 Å². The van der Waals surface area contributed by atoms with Crippen LogP contribution in [0.3, 0.4) is 0 Å². The molecular weight excluding hydrogens is 258 g/mol. The molecule has 0 aliphatic heterocycles. The summed E-state index contributed by atoms with van der Waals surface area (Å²) in [6.45, 7) is 4.79. The van der Waals surface area contributed by atoms with Crippen LogP contribution in [-0.4, -0.2) is 5.11 Å². The number of nitrogens with one attached hydrogen (secondary N) is 1. The molecule has 0 aliphatic carbocycles. The zero-order valence-corrected chi connectivity index (χ0v) is 13.0. The Bertz CT molecular complexity index is 560. The van der Waals surface area contributed by atoms with Crippen LogP contribution in [0.2, 0.25) is 0 Å². The minimum atomic E-state index is 0.390. The molecule has 0 unspecified atom stereocenters. The first-order valence-corrected chi connectivity index (χ1v) is 7.81.